The minimum absolute atomic E-state index is 0.0690. The molecule has 130 valence electrons. The number of carbonyl (C=O) groups is 2. The molecule has 0 aromatic heterocycles. The molecule has 0 bridgehead atoms. The molecule has 0 saturated heterocycles. The van der Waals surface area contributed by atoms with E-state index in [0.717, 1.165) is 49.8 Å². The molecule has 2 aliphatic carbocycles. The van der Waals surface area contributed by atoms with E-state index in [9.17, 15) is 9.59 Å². The van der Waals surface area contributed by atoms with Crippen molar-refractivity contribution in [3.05, 3.63) is 29.8 Å². The minimum atomic E-state index is -0.342. The summed E-state index contributed by atoms with van der Waals surface area (Å²) in [6.45, 7) is 0.952. The molecule has 3 rings (SSSR count). The monoisotopic (exact) mass is 330 g/mol. The molecule has 2 saturated carbocycles. The van der Waals surface area contributed by atoms with E-state index in [-0.39, 0.29) is 23.1 Å². The summed E-state index contributed by atoms with van der Waals surface area (Å²) in [5.74, 6) is 0.344. The number of nitrogens with one attached hydrogen (secondary N) is 2. The molecule has 1 aromatic carbocycles. The van der Waals surface area contributed by atoms with Gasteiger partial charge in [0.15, 0.2) is 0 Å². The molecule has 2 N–H and O–H groups in total. The van der Waals surface area contributed by atoms with E-state index in [2.05, 4.69) is 10.6 Å². The van der Waals surface area contributed by atoms with E-state index in [1.807, 2.05) is 24.3 Å². The lowest BCUT2D eigenvalue weighted by molar-refractivity contribution is -0.140. The summed E-state index contributed by atoms with van der Waals surface area (Å²) < 4.78 is 5.22. The maximum Gasteiger partial charge on any atom is 0.228 e. The van der Waals surface area contributed by atoms with E-state index < -0.39 is 0 Å². The Hall–Kier alpha value is -1.88. The molecule has 1 aromatic rings. The zero-order valence-electron chi connectivity index (χ0n) is 14.3. The minimum Gasteiger partial charge on any atom is -0.384 e. The molecular weight excluding hydrogens is 304 g/mol. The van der Waals surface area contributed by atoms with Crippen LogP contribution in [0.3, 0.4) is 0 Å². The Balaban J connectivity index is 1.54. The molecule has 0 radical (unpaired) electrons. The van der Waals surface area contributed by atoms with Gasteiger partial charge in [0.2, 0.25) is 11.8 Å². The number of amides is 2. The Morgan fingerprint density at radius 2 is 2.04 bits per heavy atom. The molecule has 2 aliphatic rings. The number of methoxy groups -OCH3 is 1. The van der Waals surface area contributed by atoms with Crippen LogP contribution in [0.25, 0.3) is 0 Å². The van der Waals surface area contributed by atoms with Crippen LogP contribution < -0.4 is 10.6 Å². The van der Waals surface area contributed by atoms with E-state index in [1.54, 1.807) is 7.11 Å². The van der Waals surface area contributed by atoms with Crippen molar-refractivity contribution in [2.75, 3.05) is 19.0 Å². The molecule has 0 spiro atoms. The van der Waals surface area contributed by atoms with Gasteiger partial charge < -0.3 is 15.4 Å². The zero-order chi connectivity index (χ0) is 17.0. The van der Waals surface area contributed by atoms with Gasteiger partial charge in [-0.1, -0.05) is 25.0 Å². The van der Waals surface area contributed by atoms with Gasteiger partial charge in [-0.15, -0.1) is 0 Å². The Labute approximate surface area is 143 Å². The molecule has 5 nitrogen and oxygen atoms in total. The number of hydrogen-bond donors (Lipinski definition) is 2. The molecule has 2 fully saturated rings. The van der Waals surface area contributed by atoms with Crippen LogP contribution in [-0.2, 0) is 20.9 Å². The Morgan fingerprint density at radius 3 is 2.62 bits per heavy atom. The van der Waals surface area contributed by atoms with Gasteiger partial charge in [-0.2, -0.15) is 0 Å². The second-order valence-electron chi connectivity index (χ2n) is 7.07. The third-order valence-electron chi connectivity index (χ3n) is 5.34. The van der Waals surface area contributed by atoms with Crippen molar-refractivity contribution in [3.63, 3.8) is 0 Å². The molecule has 0 atom stereocenters. The van der Waals surface area contributed by atoms with Gasteiger partial charge in [0.05, 0.1) is 12.0 Å². The van der Waals surface area contributed by atoms with Gasteiger partial charge in [-0.25, -0.2) is 0 Å². The normalized spacial score (nSPS) is 19.0. The fourth-order valence-corrected chi connectivity index (χ4v) is 3.36. The molecule has 24 heavy (non-hydrogen) atoms. The molecule has 0 unspecified atom stereocenters. The van der Waals surface area contributed by atoms with E-state index in [1.165, 1.54) is 0 Å². The first-order valence-electron chi connectivity index (χ1n) is 8.80. The van der Waals surface area contributed by atoms with Crippen molar-refractivity contribution < 1.29 is 14.3 Å². The van der Waals surface area contributed by atoms with E-state index >= 15 is 0 Å². The molecular formula is C19H26N2O3. The standard InChI is InChI=1S/C19H26N2O3/c1-24-13-19(9-4-10-19)18(23)20-12-14-5-2-8-16(11-14)21-17(22)15-6-3-7-15/h2,5,8,11,15H,3-4,6-7,9-10,12-13H2,1H3,(H,20,23)(H,21,22). The van der Waals surface area contributed by atoms with Crippen LogP contribution >= 0.6 is 0 Å². The predicted molar refractivity (Wildman–Crippen MR) is 92.4 cm³/mol. The van der Waals surface area contributed by atoms with Gasteiger partial charge in [-0.3, -0.25) is 9.59 Å². The Morgan fingerprint density at radius 1 is 1.25 bits per heavy atom. The number of carbonyl (C=O) groups excluding carboxylic acids is 2. The van der Waals surface area contributed by atoms with E-state index in [0.29, 0.717) is 13.2 Å². The number of ether oxygens (including phenoxy) is 1. The lowest BCUT2D eigenvalue weighted by Crippen LogP contribution is -2.48. The van der Waals surface area contributed by atoms with Crippen molar-refractivity contribution in [2.45, 2.75) is 45.1 Å². The topological polar surface area (TPSA) is 67.4 Å². The van der Waals surface area contributed by atoms with Gasteiger partial charge in [-0.05, 0) is 43.4 Å². The second kappa shape index (κ2) is 7.34. The van der Waals surface area contributed by atoms with Crippen LogP contribution in [0, 0.1) is 11.3 Å². The first-order chi connectivity index (χ1) is 11.6. The fraction of sp³-hybridized carbons (Fsp3) is 0.579. The molecule has 2 amide bonds. The average molecular weight is 330 g/mol. The number of hydrogen-bond acceptors (Lipinski definition) is 3. The van der Waals surface area contributed by atoms with Crippen molar-refractivity contribution in [1.82, 2.24) is 5.32 Å². The summed E-state index contributed by atoms with van der Waals surface area (Å²) in [6.07, 6.45) is 5.99. The van der Waals surface area contributed by atoms with Gasteiger partial charge in [0.25, 0.3) is 0 Å². The average Bonchev–Trinajstić information content (AvgIpc) is 2.47. The van der Waals surface area contributed by atoms with Gasteiger partial charge in [0, 0.05) is 25.3 Å². The maximum atomic E-state index is 12.4. The summed E-state index contributed by atoms with van der Waals surface area (Å²) >= 11 is 0. The fourth-order valence-electron chi connectivity index (χ4n) is 3.36. The number of benzene rings is 1. The van der Waals surface area contributed by atoms with Gasteiger partial charge in [0.1, 0.15) is 0 Å². The summed E-state index contributed by atoms with van der Waals surface area (Å²) in [5.41, 5.74) is 1.45. The van der Waals surface area contributed by atoms with E-state index in [4.69, 9.17) is 4.74 Å². The molecule has 0 heterocycles. The summed E-state index contributed by atoms with van der Waals surface area (Å²) in [5, 5.41) is 5.99. The zero-order valence-corrected chi connectivity index (χ0v) is 14.3. The van der Waals surface area contributed by atoms with Crippen molar-refractivity contribution in [1.29, 1.82) is 0 Å². The largest absolute Gasteiger partial charge is 0.384 e. The van der Waals surface area contributed by atoms with Crippen LogP contribution in [-0.4, -0.2) is 25.5 Å². The summed E-state index contributed by atoms with van der Waals surface area (Å²) in [7, 11) is 1.64. The lowest BCUT2D eigenvalue weighted by atomic mass is 9.68. The van der Waals surface area contributed by atoms with Crippen molar-refractivity contribution in [2.24, 2.45) is 11.3 Å². The highest BCUT2D eigenvalue weighted by Crippen LogP contribution is 2.41. The third-order valence-corrected chi connectivity index (χ3v) is 5.34. The second-order valence-corrected chi connectivity index (χ2v) is 7.07. The quantitative estimate of drug-likeness (QED) is 0.808. The van der Waals surface area contributed by atoms with Crippen LogP contribution in [0.5, 0.6) is 0 Å². The van der Waals surface area contributed by atoms with Crippen LogP contribution in [0.1, 0.15) is 44.1 Å². The smallest absolute Gasteiger partial charge is 0.228 e. The first-order valence-corrected chi connectivity index (χ1v) is 8.80. The Kier molecular flexibility index (Phi) is 5.19. The van der Waals surface area contributed by atoms with Crippen molar-refractivity contribution >= 4 is 17.5 Å². The summed E-state index contributed by atoms with van der Waals surface area (Å²) in [6, 6.07) is 7.69. The lowest BCUT2D eigenvalue weighted by Gasteiger charge is -2.39. The highest BCUT2D eigenvalue weighted by Gasteiger charge is 2.43. The van der Waals surface area contributed by atoms with Gasteiger partial charge >= 0.3 is 0 Å². The third kappa shape index (κ3) is 3.61. The number of anilines is 1. The Bertz CT molecular complexity index is 606. The SMILES string of the molecule is COCC1(C(=O)NCc2cccc(NC(=O)C3CCC3)c2)CCC1. The first kappa shape index (κ1) is 17.0. The number of rotatable bonds is 7. The van der Waals surface area contributed by atoms with Crippen LogP contribution in [0.2, 0.25) is 0 Å². The predicted octanol–water partition coefficient (Wildman–Crippen LogP) is 2.86. The van der Waals surface area contributed by atoms with Crippen LogP contribution in [0.15, 0.2) is 24.3 Å². The maximum absolute atomic E-state index is 12.4. The molecule has 0 aliphatic heterocycles. The molecule has 5 heteroatoms. The highest BCUT2D eigenvalue weighted by atomic mass is 16.5. The summed E-state index contributed by atoms with van der Waals surface area (Å²) in [4.78, 5) is 24.5. The van der Waals surface area contributed by atoms with Crippen molar-refractivity contribution in [3.8, 4) is 0 Å². The highest BCUT2D eigenvalue weighted by molar-refractivity contribution is 5.93. The van der Waals surface area contributed by atoms with Crippen LogP contribution in [0.4, 0.5) is 5.69 Å².